The van der Waals surface area contributed by atoms with Crippen molar-refractivity contribution in [2.24, 2.45) is 0 Å². The first-order valence-electron chi connectivity index (χ1n) is 7.51. The number of hydrogen-bond donors (Lipinski definition) is 1. The van der Waals surface area contributed by atoms with Crippen LogP contribution in [-0.4, -0.2) is 25.3 Å². The van der Waals surface area contributed by atoms with Gasteiger partial charge in [-0.3, -0.25) is 0 Å². The van der Waals surface area contributed by atoms with E-state index in [2.05, 4.69) is 36.7 Å². The van der Waals surface area contributed by atoms with Crippen molar-refractivity contribution in [3.63, 3.8) is 0 Å². The maximum atomic E-state index is 12.2. The normalized spacial score (nSPS) is 14.2. The number of aromatic nitrogens is 2. The van der Waals surface area contributed by atoms with Crippen molar-refractivity contribution in [3.8, 4) is 16.8 Å². The zero-order valence-corrected chi connectivity index (χ0v) is 18.2. The van der Waals surface area contributed by atoms with Crippen LogP contribution in [0.5, 0.6) is 0 Å². The standard InChI is InChI=1S/C16H18BrClN4OS2/c1-9(22-25(23)16(2,3)4)5-12-10(7-19)8-20-15(21-12)14-11(18)6-13(17)24-14/h6,8-9,22H,5H2,1-4H3/t9-,25?/m0/s1. The van der Waals surface area contributed by atoms with Gasteiger partial charge in [0.2, 0.25) is 0 Å². The van der Waals surface area contributed by atoms with Crippen molar-refractivity contribution < 1.29 is 4.55 Å². The molecule has 0 aliphatic rings. The Labute approximate surface area is 168 Å². The molecule has 0 aliphatic heterocycles. The van der Waals surface area contributed by atoms with Crippen LogP contribution < -0.4 is 4.72 Å². The van der Waals surface area contributed by atoms with Gasteiger partial charge in [-0.05, 0) is 49.7 Å². The van der Waals surface area contributed by atoms with Crippen molar-refractivity contribution in [2.75, 3.05) is 0 Å². The van der Waals surface area contributed by atoms with Gasteiger partial charge in [0.1, 0.15) is 10.8 Å². The van der Waals surface area contributed by atoms with E-state index < -0.39 is 11.4 Å². The first-order valence-corrected chi connectivity index (χ1v) is 10.6. The first kappa shape index (κ1) is 20.6. The van der Waals surface area contributed by atoms with E-state index >= 15 is 0 Å². The van der Waals surface area contributed by atoms with E-state index in [1.807, 2.05) is 27.7 Å². The lowest BCUT2D eigenvalue weighted by molar-refractivity contribution is 0.524. The summed E-state index contributed by atoms with van der Waals surface area (Å²) in [5.74, 6) is 0.485. The van der Waals surface area contributed by atoms with E-state index in [0.717, 1.165) is 8.66 Å². The van der Waals surface area contributed by atoms with Gasteiger partial charge in [-0.2, -0.15) is 5.26 Å². The molecule has 2 aromatic heterocycles. The summed E-state index contributed by atoms with van der Waals surface area (Å²) < 4.78 is 15.8. The Balaban J connectivity index is 2.26. The third-order valence-corrected chi connectivity index (χ3v) is 6.98. The summed E-state index contributed by atoms with van der Waals surface area (Å²) in [6, 6.07) is 3.80. The fourth-order valence-corrected chi connectivity index (χ4v) is 4.70. The summed E-state index contributed by atoms with van der Waals surface area (Å²) in [5.41, 5.74) is 1.02. The van der Waals surface area contributed by atoms with Crippen LogP contribution in [-0.2, 0) is 17.8 Å². The van der Waals surface area contributed by atoms with E-state index in [1.54, 1.807) is 6.07 Å². The van der Waals surface area contributed by atoms with Gasteiger partial charge in [0.15, 0.2) is 5.82 Å². The SMILES string of the molecule is C[C@@H](Cc1nc(-c2sc(Br)cc2Cl)ncc1C#N)N[S+]([O-])C(C)(C)C. The summed E-state index contributed by atoms with van der Waals surface area (Å²) in [7, 11) is 0. The van der Waals surface area contributed by atoms with Crippen molar-refractivity contribution in [2.45, 2.75) is 44.9 Å². The molecule has 2 rings (SSSR count). The van der Waals surface area contributed by atoms with Crippen LogP contribution in [0.4, 0.5) is 0 Å². The van der Waals surface area contributed by atoms with Crippen molar-refractivity contribution >= 4 is 50.2 Å². The van der Waals surface area contributed by atoms with Crippen LogP contribution in [0, 0.1) is 11.3 Å². The summed E-state index contributed by atoms with van der Waals surface area (Å²) in [4.78, 5) is 9.53. The van der Waals surface area contributed by atoms with E-state index in [4.69, 9.17) is 11.6 Å². The van der Waals surface area contributed by atoms with Gasteiger partial charge >= 0.3 is 0 Å². The Bertz CT molecular complexity index is 800. The van der Waals surface area contributed by atoms with Gasteiger partial charge in [-0.15, -0.1) is 16.1 Å². The highest BCUT2D eigenvalue weighted by Gasteiger charge is 2.28. The molecule has 1 N–H and O–H groups in total. The molecule has 0 aliphatic carbocycles. The molecule has 5 nitrogen and oxygen atoms in total. The number of nitrogens with one attached hydrogen (secondary N) is 1. The lowest BCUT2D eigenvalue weighted by Crippen LogP contribution is -2.44. The van der Waals surface area contributed by atoms with Crippen LogP contribution in [0.3, 0.4) is 0 Å². The average molecular weight is 462 g/mol. The molecule has 1 unspecified atom stereocenters. The lowest BCUT2D eigenvalue weighted by atomic mass is 10.1. The zero-order chi connectivity index (χ0) is 18.8. The molecule has 0 fully saturated rings. The highest BCUT2D eigenvalue weighted by Crippen LogP contribution is 2.37. The monoisotopic (exact) mass is 460 g/mol. The maximum absolute atomic E-state index is 12.2. The van der Waals surface area contributed by atoms with Crippen molar-refractivity contribution in [3.05, 3.63) is 32.3 Å². The van der Waals surface area contributed by atoms with E-state index in [9.17, 15) is 9.81 Å². The molecule has 2 aromatic rings. The minimum absolute atomic E-state index is 0.111. The van der Waals surface area contributed by atoms with Crippen molar-refractivity contribution in [1.29, 1.82) is 5.26 Å². The average Bonchev–Trinajstić information content (AvgIpc) is 2.84. The third-order valence-electron chi connectivity index (χ3n) is 3.21. The number of rotatable bonds is 5. The highest BCUT2D eigenvalue weighted by atomic mass is 79.9. The molecule has 0 aromatic carbocycles. The molecule has 0 radical (unpaired) electrons. The van der Waals surface area contributed by atoms with Crippen LogP contribution in [0.1, 0.15) is 39.0 Å². The van der Waals surface area contributed by atoms with E-state index in [1.165, 1.54) is 17.5 Å². The molecule has 9 heteroatoms. The highest BCUT2D eigenvalue weighted by molar-refractivity contribution is 9.11. The largest absolute Gasteiger partial charge is 0.598 e. The van der Waals surface area contributed by atoms with Crippen molar-refractivity contribution in [1.82, 2.24) is 14.7 Å². The molecule has 0 saturated heterocycles. The summed E-state index contributed by atoms with van der Waals surface area (Å²) >= 11 is 9.85. The summed E-state index contributed by atoms with van der Waals surface area (Å²) in [6.45, 7) is 7.64. The fourth-order valence-electron chi connectivity index (χ4n) is 1.96. The van der Waals surface area contributed by atoms with Gasteiger partial charge < -0.3 is 4.55 Å². The van der Waals surface area contributed by atoms with Gasteiger partial charge in [-0.25, -0.2) is 9.97 Å². The molecule has 0 amide bonds. The molecule has 0 spiro atoms. The predicted molar refractivity (Wildman–Crippen MR) is 107 cm³/mol. The number of nitriles is 1. The molecular weight excluding hydrogens is 444 g/mol. The van der Waals surface area contributed by atoms with Gasteiger partial charge in [0.25, 0.3) is 0 Å². The summed E-state index contributed by atoms with van der Waals surface area (Å²) in [5, 5.41) is 9.88. The molecule has 2 atom stereocenters. The van der Waals surface area contributed by atoms with Crippen LogP contribution in [0.15, 0.2) is 16.0 Å². The second-order valence-corrected chi connectivity index (χ2v) is 11.3. The second-order valence-electron chi connectivity index (χ2n) is 6.50. The molecule has 2 heterocycles. The van der Waals surface area contributed by atoms with E-state index in [-0.39, 0.29) is 10.8 Å². The smallest absolute Gasteiger partial charge is 0.171 e. The zero-order valence-electron chi connectivity index (χ0n) is 14.3. The Kier molecular flexibility index (Phi) is 6.87. The van der Waals surface area contributed by atoms with Gasteiger partial charge in [-0.1, -0.05) is 11.6 Å². The Morgan fingerprint density at radius 2 is 2.20 bits per heavy atom. The third kappa shape index (κ3) is 5.39. The van der Waals surface area contributed by atoms with Gasteiger partial charge in [0, 0.05) is 24.0 Å². The summed E-state index contributed by atoms with van der Waals surface area (Å²) in [6.07, 6.45) is 1.97. The number of nitrogens with zero attached hydrogens (tertiary/aromatic N) is 3. The van der Waals surface area contributed by atoms with Gasteiger partial charge in [0.05, 0.1) is 31.0 Å². The fraction of sp³-hybridized carbons (Fsp3) is 0.438. The minimum Gasteiger partial charge on any atom is -0.598 e. The molecular formula is C16H18BrClN4OS2. The van der Waals surface area contributed by atoms with Crippen LogP contribution in [0.25, 0.3) is 10.7 Å². The first-order chi connectivity index (χ1) is 11.6. The van der Waals surface area contributed by atoms with Crippen LogP contribution in [0.2, 0.25) is 5.02 Å². The number of thiophene rings is 1. The molecule has 0 bridgehead atoms. The Hall–Kier alpha value is -0.690. The number of halogens is 2. The Morgan fingerprint density at radius 3 is 2.72 bits per heavy atom. The lowest BCUT2D eigenvalue weighted by Gasteiger charge is -2.26. The predicted octanol–water partition coefficient (Wildman–Crippen LogP) is 4.48. The topological polar surface area (TPSA) is 84.7 Å². The molecule has 134 valence electrons. The Morgan fingerprint density at radius 1 is 1.52 bits per heavy atom. The molecule has 0 saturated carbocycles. The maximum Gasteiger partial charge on any atom is 0.171 e. The van der Waals surface area contributed by atoms with E-state index in [0.29, 0.717) is 28.5 Å². The second kappa shape index (κ2) is 8.33. The quantitative estimate of drug-likeness (QED) is 0.664. The minimum atomic E-state index is -1.19. The number of hydrogen-bond acceptors (Lipinski definition) is 6. The molecule has 25 heavy (non-hydrogen) atoms. The van der Waals surface area contributed by atoms with Crippen LogP contribution >= 0.6 is 38.9 Å².